The van der Waals surface area contributed by atoms with E-state index in [1.807, 2.05) is 30.3 Å². The Morgan fingerprint density at radius 3 is 0.886 bits per heavy atom. The highest BCUT2D eigenvalue weighted by Crippen LogP contribution is 2.34. The van der Waals surface area contributed by atoms with Crippen molar-refractivity contribution in [1.29, 1.82) is 0 Å². The first kappa shape index (κ1) is 50.8. The lowest BCUT2D eigenvalue weighted by Gasteiger charge is -2.44. The first-order chi connectivity index (χ1) is 32.9. The largest absolute Gasteiger partial charge is 0.289 e. The number of hydrogen-bond donors (Lipinski definition) is 0. The molecule has 0 bridgehead atoms. The molecule has 0 aliphatic carbocycles. The molecule has 0 N–H and O–H groups in total. The first-order valence-electron chi connectivity index (χ1n) is 19.3. The molecule has 1 atom stereocenters. The molecule has 8 rings (SSSR count). The second-order valence-corrected chi connectivity index (χ2v) is 17.0. The monoisotopic (exact) mass is 1020 g/mol. The first-order valence-corrected chi connectivity index (χ1v) is 21.1. The minimum absolute atomic E-state index is 0.163. The quantitative estimate of drug-likeness (QED) is 0.0282. The molecule has 1 unspecified atom stereocenters. The summed E-state index contributed by atoms with van der Waals surface area (Å²) in [6.45, 7) is 0. The fraction of sp³-hybridized carbons (Fsp3) is 0.0426. The van der Waals surface area contributed by atoms with Gasteiger partial charge in [-0.2, -0.15) is 0 Å². The highest BCUT2D eigenvalue weighted by molar-refractivity contribution is 7.97. The van der Waals surface area contributed by atoms with Gasteiger partial charge in [0.05, 0.1) is 0 Å². The zero-order chi connectivity index (χ0) is 51.6. The number of fused-ring (bicyclic) bond motifs is 2. The molecule has 0 saturated heterocycles. The van der Waals surface area contributed by atoms with Crippen LogP contribution in [0.15, 0.2) is 89.8 Å². The molecular weight excluding hydrogens is 1000 g/mol. The van der Waals surface area contributed by atoms with E-state index in [1.54, 1.807) is 0 Å². The van der Waals surface area contributed by atoms with E-state index in [4.69, 9.17) is 0 Å². The molecule has 70 heavy (non-hydrogen) atoms. The van der Waals surface area contributed by atoms with Crippen LogP contribution in [0.1, 0.15) is 10.4 Å². The van der Waals surface area contributed by atoms with Crippen LogP contribution in [0.2, 0.25) is 0 Å². The minimum Gasteiger partial charge on any atom is -0.289 e. The smallest absolute Gasteiger partial charge is 0.212 e. The summed E-state index contributed by atoms with van der Waals surface area (Å²) in [5, 5.41) is 4.99. The van der Waals surface area contributed by atoms with Crippen molar-refractivity contribution in [3.63, 3.8) is 0 Å². The summed E-state index contributed by atoms with van der Waals surface area (Å²) in [6, 6.07) is 28.8. The Morgan fingerprint density at radius 2 is 0.600 bits per heavy atom. The Morgan fingerprint density at radius 1 is 0.357 bits per heavy atom. The van der Waals surface area contributed by atoms with Gasteiger partial charge in [0.15, 0.2) is 80.5 Å². The second kappa shape index (κ2) is 19.0. The van der Waals surface area contributed by atoms with Crippen molar-refractivity contribution >= 4 is 66.2 Å². The second-order valence-electron chi connectivity index (χ2n) is 15.0. The molecule has 1 nitrogen and oxygen atoms in total. The molecule has 0 heterocycles. The van der Waals surface area contributed by atoms with Crippen molar-refractivity contribution in [2.45, 2.75) is 4.90 Å². The highest BCUT2D eigenvalue weighted by Gasteiger charge is 2.52. The lowest BCUT2D eigenvalue weighted by molar-refractivity contribution is 0.102. The number of rotatable bonds is 8. The Hall–Kier alpha value is -7.04. The Bertz CT molecular complexity index is 3030. The summed E-state index contributed by atoms with van der Waals surface area (Å²) in [5.74, 6) is -70.6. The Balaban J connectivity index is 0.000000242. The van der Waals surface area contributed by atoms with Crippen LogP contribution in [0.25, 0.3) is 21.5 Å². The van der Waals surface area contributed by atoms with Crippen molar-refractivity contribution in [1.82, 2.24) is 0 Å². The van der Waals surface area contributed by atoms with Crippen LogP contribution < -0.4 is 21.9 Å². The van der Waals surface area contributed by atoms with E-state index in [2.05, 4.69) is 60.9 Å². The fourth-order valence-electron chi connectivity index (χ4n) is 8.20. The van der Waals surface area contributed by atoms with Crippen molar-refractivity contribution in [3.8, 4) is 0 Å². The molecule has 0 amide bonds. The van der Waals surface area contributed by atoms with E-state index < -0.39 is 144 Å². The zero-order valence-corrected chi connectivity index (χ0v) is 35.1. The van der Waals surface area contributed by atoms with Crippen molar-refractivity contribution in [2.24, 2.45) is 0 Å². The third-order valence-electron chi connectivity index (χ3n) is 11.2. The summed E-state index contributed by atoms with van der Waals surface area (Å²) >= 11 is 0. The van der Waals surface area contributed by atoms with E-state index in [0.717, 1.165) is 5.56 Å². The van der Waals surface area contributed by atoms with Gasteiger partial charge in [-0.3, -0.25) is 4.79 Å². The van der Waals surface area contributed by atoms with E-state index >= 15 is 35.1 Å². The van der Waals surface area contributed by atoms with Gasteiger partial charge in [0.25, 0.3) is 0 Å². The molecule has 362 valence electrons. The van der Waals surface area contributed by atoms with Gasteiger partial charge in [-0.15, -0.1) is 21.9 Å². The van der Waals surface area contributed by atoms with Crippen LogP contribution in [0.3, 0.4) is 0 Å². The molecule has 23 heteroatoms. The summed E-state index contributed by atoms with van der Waals surface area (Å²) in [4.78, 5) is 14.0. The van der Waals surface area contributed by atoms with Crippen molar-refractivity contribution in [2.75, 3.05) is 12.0 Å². The van der Waals surface area contributed by atoms with E-state index in [-0.39, 0.29) is 16.7 Å². The Labute approximate surface area is 381 Å². The normalized spacial score (nSPS) is 12.1. The number of Topliss-reactive ketones (excluding diaryl/α,β-unsaturated/α-hetero) is 1. The molecule has 0 saturated carbocycles. The number of carbonyl (C=O) groups is 1. The van der Waals surface area contributed by atoms with Crippen LogP contribution in [-0.2, 0) is 10.9 Å². The SMILES string of the molecule is C[S+](CC(=O)c1ccccc1)c1c2ccccc2cc2ccccc12.Fc1c(F)c(F)c([B-](c2c(F)c(F)c(F)c(F)c2F)(c2c(F)c(F)c(F)c(F)c2F)c2c(F)c(F)c(F)c(F)c2F)c(F)c1F. The number of benzene rings is 8. The van der Waals surface area contributed by atoms with Crippen LogP contribution in [0.5, 0.6) is 0 Å². The molecule has 8 aromatic carbocycles. The van der Waals surface area contributed by atoms with Gasteiger partial charge in [0, 0.05) is 27.2 Å². The van der Waals surface area contributed by atoms with Crippen LogP contribution in [0, 0.1) is 116 Å². The Kier molecular flexibility index (Phi) is 13.8. The number of carbonyl (C=O) groups excluding carboxylic acids is 1. The van der Waals surface area contributed by atoms with E-state index in [0.29, 0.717) is 5.75 Å². The van der Waals surface area contributed by atoms with Gasteiger partial charge in [-0.25, -0.2) is 87.8 Å². The summed E-state index contributed by atoms with van der Waals surface area (Å²) in [5.41, 5.74) is -13.5. The predicted molar refractivity (Wildman–Crippen MR) is 218 cm³/mol. The predicted octanol–water partition coefficient (Wildman–Crippen LogP) is 11.3. The summed E-state index contributed by atoms with van der Waals surface area (Å²) in [7, 11) is -0.163. The highest BCUT2D eigenvalue weighted by atomic mass is 32.2. The molecular formula is C47H19BF20OS. The maximum Gasteiger partial charge on any atom is 0.212 e. The van der Waals surface area contributed by atoms with Gasteiger partial charge < -0.3 is 0 Å². The molecule has 0 spiro atoms. The van der Waals surface area contributed by atoms with Gasteiger partial charge >= 0.3 is 0 Å². The molecule has 8 aromatic rings. The molecule has 0 aliphatic rings. The molecule has 0 fully saturated rings. The van der Waals surface area contributed by atoms with Crippen molar-refractivity contribution in [3.05, 3.63) is 207 Å². The average Bonchev–Trinajstić information content (AvgIpc) is 3.35. The van der Waals surface area contributed by atoms with Crippen LogP contribution >= 0.6 is 0 Å². The molecule has 0 aliphatic heterocycles. The lowest BCUT2D eigenvalue weighted by Crippen LogP contribution is -2.81. The third kappa shape index (κ3) is 7.86. The maximum atomic E-state index is 15.4. The minimum atomic E-state index is -7.22. The van der Waals surface area contributed by atoms with Gasteiger partial charge in [0.2, 0.25) is 5.78 Å². The number of halogens is 20. The molecule has 0 aromatic heterocycles. The lowest BCUT2D eigenvalue weighted by atomic mass is 9.12. The van der Waals surface area contributed by atoms with Gasteiger partial charge in [0.1, 0.15) is 58.9 Å². The van der Waals surface area contributed by atoms with Gasteiger partial charge in [-0.05, 0) is 29.0 Å². The van der Waals surface area contributed by atoms with Crippen LogP contribution in [-0.4, -0.2) is 23.9 Å². The van der Waals surface area contributed by atoms with E-state index in [9.17, 15) is 57.5 Å². The van der Waals surface area contributed by atoms with E-state index in [1.165, 1.54) is 26.4 Å². The summed E-state index contributed by atoms with van der Waals surface area (Å²) < 4.78 is 294. The summed E-state index contributed by atoms with van der Waals surface area (Å²) in [6.07, 6.45) is -5.03. The average molecular weight is 1020 g/mol. The maximum absolute atomic E-state index is 15.4. The van der Waals surface area contributed by atoms with Crippen molar-refractivity contribution < 1.29 is 92.6 Å². The molecule has 0 radical (unpaired) electrons. The number of hydrogen-bond acceptors (Lipinski definition) is 1. The topological polar surface area (TPSA) is 17.1 Å². The number of ketones is 1. The van der Waals surface area contributed by atoms with Gasteiger partial charge in [-0.1, -0.05) is 66.7 Å². The third-order valence-corrected chi connectivity index (χ3v) is 13.1. The standard InChI is InChI=1S/C24BF20.C23H19OS/c26-5-1(6(27)14(35)21(42)13(5)34)25(2-7(28)15(36)22(43)16(37)8(2)29,3-9(30)17(38)23(44)18(39)10(3)31)4-11(32)19(40)24(45)20(41)12(4)33;1-25(16-22(24)17-9-3-2-4-10-17)23-20-13-7-5-11-18(20)15-19-12-6-8-14-21(19)23/h;2-15H,16H2,1H3/q-1;+1. The van der Waals surface area contributed by atoms with Crippen LogP contribution in [0.4, 0.5) is 87.8 Å². The zero-order valence-electron chi connectivity index (χ0n) is 34.2. The fourth-order valence-corrected chi connectivity index (χ4v) is 10.0.